The van der Waals surface area contributed by atoms with Gasteiger partial charge >= 0.3 is 0 Å². The minimum absolute atomic E-state index is 0.429. The maximum Gasteiger partial charge on any atom is 0.120 e. The highest BCUT2D eigenvalue weighted by Gasteiger charge is 2.10. The fourth-order valence-corrected chi connectivity index (χ4v) is 3.32. The molecule has 0 amide bonds. The highest BCUT2D eigenvalue weighted by molar-refractivity contribution is 7.11. The van der Waals surface area contributed by atoms with E-state index in [1.165, 1.54) is 15.3 Å². The van der Waals surface area contributed by atoms with Crippen molar-refractivity contribution in [3.05, 3.63) is 44.9 Å². The van der Waals surface area contributed by atoms with Crippen LogP contribution in [0, 0.1) is 25.2 Å². The van der Waals surface area contributed by atoms with Gasteiger partial charge in [0.15, 0.2) is 0 Å². The van der Waals surface area contributed by atoms with Crippen molar-refractivity contribution in [2.45, 2.75) is 39.8 Å². The van der Waals surface area contributed by atoms with Crippen LogP contribution in [-0.2, 0) is 20.0 Å². The Balaban J connectivity index is 1.93. The summed E-state index contributed by atoms with van der Waals surface area (Å²) < 4.78 is 1.95. The first kappa shape index (κ1) is 14.8. The Morgan fingerprint density at radius 1 is 1.40 bits per heavy atom. The van der Waals surface area contributed by atoms with Crippen molar-refractivity contribution < 1.29 is 0 Å². The van der Waals surface area contributed by atoms with E-state index in [0.717, 1.165) is 24.4 Å². The average Bonchev–Trinajstić information content (AvgIpc) is 2.93. The highest BCUT2D eigenvalue weighted by Crippen LogP contribution is 2.17. The van der Waals surface area contributed by atoms with Crippen LogP contribution in [0.4, 0.5) is 0 Å². The molecule has 0 saturated carbocycles. The molecule has 1 unspecified atom stereocenters. The quantitative estimate of drug-likeness (QED) is 0.916. The normalized spacial score (nSPS) is 12.3. The fourth-order valence-electron chi connectivity index (χ4n) is 2.30. The summed E-state index contributed by atoms with van der Waals surface area (Å²) in [5.74, 6) is 0. The zero-order valence-corrected chi connectivity index (χ0v) is 13.3. The summed E-state index contributed by atoms with van der Waals surface area (Å²) in [4.78, 5) is 2.79. The predicted molar refractivity (Wildman–Crippen MR) is 83.9 cm³/mol. The molecular formula is C16H21N3S. The molecule has 2 aromatic rings. The number of nitrogens with zero attached hydrogens (tertiary/aromatic N) is 2. The lowest BCUT2D eigenvalue weighted by molar-refractivity contribution is 0.547. The van der Waals surface area contributed by atoms with E-state index in [1.54, 1.807) is 0 Å². The second kappa shape index (κ2) is 6.25. The fraction of sp³-hybridized carbons (Fsp3) is 0.438. The molecule has 20 heavy (non-hydrogen) atoms. The van der Waals surface area contributed by atoms with Gasteiger partial charge in [-0.2, -0.15) is 5.26 Å². The van der Waals surface area contributed by atoms with E-state index in [-0.39, 0.29) is 0 Å². The number of rotatable bonds is 5. The van der Waals surface area contributed by atoms with E-state index >= 15 is 0 Å². The van der Waals surface area contributed by atoms with Gasteiger partial charge in [0.05, 0.1) is 0 Å². The number of aryl methyl sites for hydroxylation is 1. The Labute approximate surface area is 124 Å². The van der Waals surface area contributed by atoms with Gasteiger partial charge in [0.1, 0.15) is 11.8 Å². The number of hydrogen-bond acceptors (Lipinski definition) is 3. The Kier molecular flexibility index (Phi) is 4.64. The van der Waals surface area contributed by atoms with Gasteiger partial charge in [0.2, 0.25) is 0 Å². The molecule has 0 saturated heterocycles. The van der Waals surface area contributed by atoms with Crippen LogP contribution in [0.5, 0.6) is 0 Å². The van der Waals surface area contributed by atoms with Gasteiger partial charge in [-0.3, -0.25) is 0 Å². The number of hydrogen-bond donors (Lipinski definition) is 1. The topological polar surface area (TPSA) is 40.8 Å². The summed E-state index contributed by atoms with van der Waals surface area (Å²) in [6.45, 7) is 7.22. The van der Waals surface area contributed by atoms with Crippen LogP contribution in [0.3, 0.4) is 0 Å². The van der Waals surface area contributed by atoms with Crippen LogP contribution in [0.1, 0.15) is 33.6 Å². The lowest BCUT2D eigenvalue weighted by Crippen LogP contribution is -2.27. The molecular weight excluding hydrogens is 266 g/mol. The average molecular weight is 287 g/mol. The zero-order valence-electron chi connectivity index (χ0n) is 12.5. The summed E-state index contributed by atoms with van der Waals surface area (Å²) in [5.41, 5.74) is 3.09. The van der Waals surface area contributed by atoms with Crippen LogP contribution in [0.15, 0.2) is 18.2 Å². The third-order valence-corrected chi connectivity index (χ3v) is 4.72. The molecule has 106 valence electrons. The lowest BCUT2D eigenvalue weighted by atomic mass is 10.2. The van der Waals surface area contributed by atoms with E-state index in [0.29, 0.717) is 6.04 Å². The minimum Gasteiger partial charge on any atom is -0.340 e. The third-order valence-electron chi connectivity index (χ3n) is 3.70. The first-order valence-electron chi connectivity index (χ1n) is 6.85. The van der Waals surface area contributed by atoms with Crippen LogP contribution >= 0.6 is 11.3 Å². The Bertz CT molecular complexity index is 631. The molecule has 0 radical (unpaired) electrons. The standard InChI is InChI=1S/C16H21N3S/c1-11(7-16-6-5-12(2)20-16)18-10-14-8-15(9-17)19(4)13(14)3/h5-6,8,11,18H,7,10H2,1-4H3. The summed E-state index contributed by atoms with van der Waals surface area (Å²) >= 11 is 1.86. The Hall–Kier alpha value is -1.57. The molecule has 2 heterocycles. The Morgan fingerprint density at radius 2 is 2.15 bits per heavy atom. The van der Waals surface area contributed by atoms with Gasteiger partial charge in [-0.05, 0) is 51.0 Å². The van der Waals surface area contributed by atoms with Crippen molar-refractivity contribution in [3.8, 4) is 6.07 Å². The molecule has 1 atom stereocenters. The second-order valence-electron chi connectivity index (χ2n) is 5.31. The number of aromatic nitrogens is 1. The molecule has 0 aliphatic rings. The molecule has 0 spiro atoms. The van der Waals surface area contributed by atoms with Gasteiger partial charge in [0, 0.05) is 35.1 Å². The molecule has 1 N–H and O–H groups in total. The third kappa shape index (κ3) is 3.30. The molecule has 0 aliphatic carbocycles. The highest BCUT2D eigenvalue weighted by atomic mass is 32.1. The van der Waals surface area contributed by atoms with Gasteiger partial charge in [-0.15, -0.1) is 11.3 Å². The molecule has 0 fully saturated rings. The van der Waals surface area contributed by atoms with Crippen LogP contribution in [-0.4, -0.2) is 10.6 Å². The Morgan fingerprint density at radius 3 is 2.70 bits per heavy atom. The summed E-state index contributed by atoms with van der Waals surface area (Å²) in [7, 11) is 1.94. The van der Waals surface area contributed by atoms with Crippen molar-refractivity contribution >= 4 is 11.3 Å². The SMILES string of the molecule is Cc1ccc(CC(C)NCc2cc(C#N)n(C)c2C)s1. The number of nitriles is 1. The van der Waals surface area contributed by atoms with E-state index in [9.17, 15) is 0 Å². The molecule has 2 aromatic heterocycles. The van der Waals surface area contributed by atoms with Gasteiger partial charge in [-0.25, -0.2) is 0 Å². The predicted octanol–water partition coefficient (Wildman–Crippen LogP) is 3.30. The van der Waals surface area contributed by atoms with Gasteiger partial charge in [0.25, 0.3) is 0 Å². The minimum atomic E-state index is 0.429. The van der Waals surface area contributed by atoms with Crippen molar-refractivity contribution in [2.24, 2.45) is 7.05 Å². The van der Waals surface area contributed by atoms with Crippen LogP contribution in [0.25, 0.3) is 0 Å². The summed E-state index contributed by atoms with van der Waals surface area (Å²) in [5, 5.41) is 12.6. The molecule has 0 aromatic carbocycles. The molecule has 0 aliphatic heterocycles. The van der Waals surface area contributed by atoms with Gasteiger partial charge in [-0.1, -0.05) is 0 Å². The van der Waals surface area contributed by atoms with Crippen molar-refractivity contribution in [1.82, 2.24) is 9.88 Å². The van der Waals surface area contributed by atoms with Crippen LogP contribution < -0.4 is 5.32 Å². The first-order valence-corrected chi connectivity index (χ1v) is 7.67. The van der Waals surface area contributed by atoms with Crippen molar-refractivity contribution in [3.63, 3.8) is 0 Å². The monoisotopic (exact) mass is 287 g/mol. The lowest BCUT2D eigenvalue weighted by Gasteiger charge is -2.13. The molecule has 0 bridgehead atoms. The first-order chi connectivity index (χ1) is 9.51. The van der Waals surface area contributed by atoms with E-state index in [4.69, 9.17) is 5.26 Å². The van der Waals surface area contributed by atoms with E-state index in [1.807, 2.05) is 29.0 Å². The number of nitrogens with one attached hydrogen (secondary N) is 1. The van der Waals surface area contributed by atoms with Crippen LogP contribution in [0.2, 0.25) is 0 Å². The van der Waals surface area contributed by atoms with E-state index in [2.05, 4.69) is 44.3 Å². The van der Waals surface area contributed by atoms with Crippen molar-refractivity contribution in [2.75, 3.05) is 0 Å². The van der Waals surface area contributed by atoms with Crippen molar-refractivity contribution in [1.29, 1.82) is 5.26 Å². The number of thiophene rings is 1. The summed E-state index contributed by atoms with van der Waals surface area (Å²) in [6.07, 6.45) is 1.05. The molecule has 2 rings (SSSR count). The molecule has 3 nitrogen and oxygen atoms in total. The molecule has 4 heteroatoms. The zero-order chi connectivity index (χ0) is 14.7. The largest absolute Gasteiger partial charge is 0.340 e. The maximum atomic E-state index is 9.04. The second-order valence-corrected chi connectivity index (χ2v) is 6.68. The van der Waals surface area contributed by atoms with E-state index < -0.39 is 0 Å². The van der Waals surface area contributed by atoms with Gasteiger partial charge < -0.3 is 9.88 Å². The summed E-state index contributed by atoms with van der Waals surface area (Å²) in [6, 6.07) is 9.01. The smallest absolute Gasteiger partial charge is 0.120 e. The maximum absolute atomic E-state index is 9.04.